The van der Waals surface area contributed by atoms with E-state index in [0.717, 1.165) is 3.57 Å². The second-order valence-electron chi connectivity index (χ2n) is 4.60. The van der Waals surface area contributed by atoms with Crippen LogP contribution >= 0.6 is 34.2 Å². The molecule has 0 amide bonds. The Morgan fingerprint density at radius 1 is 1.50 bits per heavy atom. The number of ether oxygens (including phenoxy) is 2. The Morgan fingerprint density at radius 3 is 2.72 bits per heavy atom. The van der Waals surface area contributed by atoms with Gasteiger partial charge in [0, 0.05) is 6.20 Å². The Hall–Kier alpha value is -0.560. The molecule has 0 aliphatic heterocycles. The summed E-state index contributed by atoms with van der Waals surface area (Å²) in [5, 5.41) is 0.297. The van der Waals surface area contributed by atoms with Crippen LogP contribution in [0.25, 0.3) is 0 Å². The van der Waals surface area contributed by atoms with Gasteiger partial charge in [-0.05, 0) is 49.4 Å². The van der Waals surface area contributed by atoms with Crippen molar-refractivity contribution in [2.45, 2.75) is 32.8 Å². The normalized spacial score (nSPS) is 11.2. The minimum atomic E-state index is -0.475. The van der Waals surface area contributed by atoms with Crippen LogP contribution in [0.1, 0.15) is 27.2 Å². The van der Waals surface area contributed by atoms with Gasteiger partial charge >= 0.3 is 5.97 Å². The van der Waals surface area contributed by atoms with Crippen molar-refractivity contribution in [1.29, 1.82) is 0 Å². The van der Waals surface area contributed by atoms with E-state index in [9.17, 15) is 4.79 Å². The summed E-state index contributed by atoms with van der Waals surface area (Å²) < 4.78 is 11.5. The molecule has 0 aliphatic rings. The zero-order valence-corrected chi connectivity index (χ0v) is 13.4. The van der Waals surface area contributed by atoms with Gasteiger partial charge in [0.1, 0.15) is 5.60 Å². The molecule has 0 unspecified atom stereocenters. The SMILES string of the molecule is CC(C)(C)OC(=O)CCOc1c(I)ccnc1Cl. The van der Waals surface area contributed by atoms with Crippen LogP contribution < -0.4 is 4.74 Å². The smallest absolute Gasteiger partial charge is 0.309 e. The van der Waals surface area contributed by atoms with E-state index >= 15 is 0 Å². The molecule has 0 atom stereocenters. The minimum absolute atomic E-state index is 0.179. The predicted molar refractivity (Wildman–Crippen MR) is 77.9 cm³/mol. The molecule has 0 N–H and O–H groups in total. The summed E-state index contributed by atoms with van der Waals surface area (Å²) in [5.41, 5.74) is -0.475. The van der Waals surface area contributed by atoms with Crippen LogP contribution in [0.4, 0.5) is 0 Å². The number of pyridine rings is 1. The Bertz CT molecular complexity index is 412. The lowest BCUT2D eigenvalue weighted by atomic mass is 10.2. The van der Waals surface area contributed by atoms with Gasteiger partial charge in [-0.2, -0.15) is 0 Å². The van der Waals surface area contributed by atoms with Crippen LogP contribution in [-0.4, -0.2) is 23.2 Å². The number of rotatable bonds is 4. The molecule has 0 saturated heterocycles. The largest absolute Gasteiger partial charge is 0.489 e. The van der Waals surface area contributed by atoms with Crippen LogP contribution in [0, 0.1) is 3.57 Å². The first-order valence-electron chi connectivity index (χ1n) is 5.44. The molecule has 1 aromatic heterocycles. The molecular weight excluding hydrogens is 368 g/mol. The molecule has 1 rings (SSSR count). The first-order chi connectivity index (χ1) is 8.29. The highest BCUT2D eigenvalue weighted by Crippen LogP contribution is 2.27. The average Bonchev–Trinajstić information content (AvgIpc) is 2.19. The van der Waals surface area contributed by atoms with Crippen molar-refractivity contribution in [2.24, 2.45) is 0 Å². The van der Waals surface area contributed by atoms with Crippen molar-refractivity contribution < 1.29 is 14.3 Å². The number of halogens is 2. The standard InChI is InChI=1S/C12H15ClINO3/c1-12(2,3)18-9(16)5-7-17-10-8(14)4-6-15-11(10)13/h4,6H,5,7H2,1-3H3. The summed E-state index contributed by atoms with van der Waals surface area (Å²) in [7, 11) is 0. The average molecular weight is 384 g/mol. The number of nitrogens with zero attached hydrogens (tertiary/aromatic N) is 1. The molecule has 1 heterocycles. The molecule has 0 aliphatic carbocycles. The number of carbonyl (C=O) groups excluding carboxylic acids is 1. The molecule has 0 aromatic carbocycles. The van der Waals surface area contributed by atoms with Gasteiger partial charge in [-0.3, -0.25) is 4.79 Å². The third-order valence-electron chi connectivity index (χ3n) is 1.79. The highest BCUT2D eigenvalue weighted by molar-refractivity contribution is 14.1. The number of carbonyl (C=O) groups is 1. The van der Waals surface area contributed by atoms with E-state index in [4.69, 9.17) is 21.1 Å². The third-order valence-corrected chi connectivity index (χ3v) is 2.90. The maximum atomic E-state index is 11.5. The summed E-state index contributed by atoms with van der Waals surface area (Å²) in [6.07, 6.45) is 1.78. The van der Waals surface area contributed by atoms with E-state index in [2.05, 4.69) is 27.6 Å². The summed E-state index contributed by atoms with van der Waals surface area (Å²) in [5.74, 6) is 0.209. The molecular formula is C12H15ClINO3. The van der Waals surface area contributed by atoms with Gasteiger partial charge in [0.15, 0.2) is 10.9 Å². The molecule has 0 radical (unpaired) electrons. The Labute approximate surface area is 125 Å². The summed E-state index contributed by atoms with van der Waals surface area (Å²) in [6, 6.07) is 1.79. The van der Waals surface area contributed by atoms with Gasteiger partial charge in [-0.1, -0.05) is 11.6 Å². The molecule has 0 fully saturated rings. The fraction of sp³-hybridized carbons (Fsp3) is 0.500. The van der Waals surface area contributed by atoms with Crippen molar-refractivity contribution >= 4 is 40.2 Å². The van der Waals surface area contributed by atoms with Crippen LogP contribution in [0.3, 0.4) is 0 Å². The van der Waals surface area contributed by atoms with Crippen LogP contribution in [-0.2, 0) is 9.53 Å². The van der Waals surface area contributed by atoms with E-state index in [1.54, 1.807) is 12.3 Å². The Balaban J connectivity index is 2.45. The van der Waals surface area contributed by atoms with E-state index in [0.29, 0.717) is 10.9 Å². The van der Waals surface area contributed by atoms with Crippen molar-refractivity contribution in [1.82, 2.24) is 4.98 Å². The van der Waals surface area contributed by atoms with Gasteiger partial charge in [-0.15, -0.1) is 0 Å². The maximum absolute atomic E-state index is 11.5. The zero-order valence-electron chi connectivity index (χ0n) is 10.5. The quantitative estimate of drug-likeness (QED) is 0.454. The zero-order chi connectivity index (χ0) is 13.8. The fourth-order valence-corrected chi connectivity index (χ4v) is 2.10. The molecule has 0 spiro atoms. The highest BCUT2D eigenvalue weighted by atomic mass is 127. The van der Waals surface area contributed by atoms with Crippen molar-refractivity contribution in [3.05, 3.63) is 21.0 Å². The molecule has 100 valence electrons. The van der Waals surface area contributed by atoms with E-state index in [1.165, 1.54) is 0 Å². The Morgan fingerprint density at radius 2 is 2.17 bits per heavy atom. The van der Waals surface area contributed by atoms with Crippen molar-refractivity contribution in [3.8, 4) is 5.75 Å². The number of esters is 1. The maximum Gasteiger partial charge on any atom is 0.309 e. The van der Waals surface area contributed by atoms with Crippen molar-refractivity contribution in [3.63, 3.8) is 0 Å². The second-order valence-corrected chi connectivity index (χ2v) is 6.12. The van der Waals surface area contributed by atoms with Gasteiger partial charge in [0.05, 0.1) is 16.6 Å². The second kappa shape index (κ2) is 6.56. The number of hydrogen-bond donors (Lipinski definition) is 0. The first-order valence-corrected chi connectivity index (χ1v) is 6.90. The van der Waals surface area contributed by atoms with Crippen LogP contribution in [0.5, 0.6) is 5.75 Å². The minimum Gasteiger partial charge on any atom is -0.489 e. The lowest BCUT2D eigenvalue weighted by Gasteiger charge is -2.19. The lowest BCUT2D eigenvalue weighted by molar-refractivity contribution is -0.155. The van der Waals surface area contributed by atoms with Crippen LogP contribution in [0.15, 0.2) is 12.3 Å². The van der Waals surface area contributed by atoms with Gasteiger partial charge in [0.2, 0.25) is 0 Å². The highest BCUT2D eigenvalue weighted by Gasteiger charge is 2.16. The van der Waals surface area contributed by atoms with E-state index in [-0.39, 0.29) is 19.0 Å². The van der Waals surface area contributed by atoms with Gasteiger partial charge in [0.25, 0.3) is 0 Å². The van der Waals surface area contributed by atoms with E-state index in [1.807, 2.05) is 20.8 Å². The number of hydrogen-bond acceptors (Lipinski definition) is 4. The lowest BCUT2D eigenvalue weighted by Crippen LogP contribution is -2.24. The topological polar surface area (TPSA) is 48.4 Å². The molecule has 0 bridgehead atoms. The third kappa shape index (κ3) is 5.39. The monoisotopic (exact) mass is 383 g/mol. The summed E-state index contributed by atoms with van der Waals surface area (Å²) in [4.78, 5) is 15.4. The van der Waals surface area contributed by atoms with Gasteiger partial charge in [-0.25, -0.2) is 4.98 Å². The predicted octanol–water partition coefficient (Wildman–Crippen LogP) is 3.45. The molecule has 4 nitrogen and oxygen atoms in total. The Kier molecular flexibility index (Phi) is 5.65. The molecule has 18 heavy (non-hydrogen) atoms. The summed E-state index contributed by atoms with van der Waals surface area (Å²) in [6.45, 7) is 5.70. The molecule has 6 heteroatoms. The first kappa shape index (κ1) is 15.5. The molecule has 1 aromatic rings. The number of aromatic nitrogens is 1. The summed E-state index contributed by atoms with van der Waals surface area (Å²) >= 11 is 7.99. The fourth-order valence-electron chi connectivity index (χ4n) is 1.16. The van der Waals surface area contributed by atoms with Crippen molar-refractivity contribution in [2.75, 3.05) is 6.61 Å². The van der Waals surface area contributed by atoms with Crippen LogP contribution in [0.2, 0.25) is 5.15 Å². The molecule has 0 saturated carbocycles. The van der Waals surface area contributed by atoms with E-state index < -0.39 is 5.60 Å². The van der Waals surface area contributed by atoms with Gasteiger partial charge < -0.3 is 9.47 Å².